The number of nitrogens with zero attached hydrogens (tertiary/aromatic N) is 2. The van der Waals surface area contributed by atoms with E-state index in [1.807, 2.05) is 0 Å². The van der Waals surface area contributed by atoms with Crippen molar-refractivity contribution in [3.05, 3.63) is 59.7 Å². The molecule has 2 saturated carbocycles. The van der Waals surface area contributed by atoms with Crippen LogP contribution < -0.4 is 0 Å². The number of aromatic nitrogens is 2. The van der Waals surface area contributed by atoms with Crippen LogP contribution in [0, 0.1) is 23.2 Å². The van der Waals surface area contributed by atoms with Gasteiger partial charge in [0.25, 0.3) is 0 Å². The predicted octanol–water partition coefficient (Wildman–Crippen LogP) is 2.36. The molecule has 2 aromatic rings. The third-order valence-electron chi connectivity index (χ3n) is 12.7. The van der Waals surface area contributed by atoms with E-state index in [-0.39, 0.29) is 16.8 Å². The Morgan fingerprint density at radius 2 is 1.42 bits per heavy atom. The quantitative estimate of drug-likeness (QED) is 0.280. The smallest absolute Gasteiger partial charge is 0.340 e. The summed E-state index contributed by atoms with van der Waals surface area (Å²) in [6.07, 6.45) is -8.40. The highest BCUT2D eigenvalue weighted by atomic mass is 16.7. The first kappa shape index (κ1) is 47.5. The standard InChI is InChI=1S/C44H52N2O18/c1-20(2)37(51)62-32-34-42(10,55)44-33(58-24(6)48)29(41(9,64-44)18-57-40(54)28-14-12-16-46-30(28)21(3)22(4)38(52)63-34)31(61-39(53)27-13-11-15-45-17-27)35(59-25(7)49)43(44,19-56-23(5)47)36(32)60-26(8)50/h11-17,20-22,29,31-36,55H,18-19H2,1-10H3. The van der Waals surface area contributed by atoms with E-state index in [1.54, 1.807) is 6.92 Å². The van der Waals surface area contributed by atoms with Gasteiger partial charge in [-0.25, -0.2) is 9.59 Å². The molecule has 4 heterocycles. The van der Waals surface area contributed by atoms with Crippen molar-refractivity contribution in [2.24, 2.45) is 23.2 Å². The lowest BCUT2D eigenvalue weighted by Crippen LogP contribution is -2.89. The fourth-order valence-corrected chi connectivity index (χ4v) is 9.81. The maximum atomic E-state index is 14.6. The van der Waals surface area contributed by atoms with Gasteiger partial charge < -0.3 is 47.7 Å². The summed E-state index contributed by atoms with van der Waals surface area (Å²) >= 11 is 0. The van der Waals surface area contributed by atoms with Crippen molar-refractivity contribution in [3.8, 4) is 0 Å². The van der Waals surface area contributed by atoms with Crippen molar-refractivity contribution in [3.63, 3.8) is 0 Å². The molecule has 1 N–H and O–H groups in total. The molecular weight excluding hydrogens is 844 g/mol. The maximum absolute atomic E-state index is 14.6. The van der Waals surface area contributed by atoms with Crippen molar-refractivity contribution in [2.75, 3.05) is 13.2 Å². The van der Waals surface area contributed by atoms with Crippen molar-refractivity contribution in [1.29, 1.82) is 0 Å². The molecule has 0 amide bonds. The van der Waals surface area contributed by atoms with Crippen molar-refractivity contribution < 1.29 is 86.1 Å². The second-order valence-corrected chi connectivity index (χ2v) is 17.3. The van der Waals surface area contributed by atoms with E-state index in [1.165, 1.54) is 70.6 Å². The summed E-state index contributed by atoms with van der Waals surface area (Å²) in [7, 11) is 0. The minimum absolute atomic E-state index is 0.0571. The summed E-state index contributed by atoms with van der Waals surface area (Å²) in [6.45, 7) is 10.6. The molecule has 13 atom stereocenters. The first-order valence-corrected chi connectivity index (χ1v) is 20.7. The van der Waals surface area contributed by atoms with Gasteiger partial charge in [0, 0.05) is 52.2 Å². The van der Waals surface area contributed by atoms with Crippen LogP contribution in [0.1, 0.15) is 102 Å². The molecule has 3 fully saturated rings. The largest absolute Gasteiger partial charge is 0.465 e. The van der Waals surface area contributed by atoms with E-state index in [9.17, 15) is 43.5 Å². The molecule has 20 heteroatoms. The molecule has 64 heavy (non-hydrogen) atoms. The monoisotopic (exact) mass is 896 g/mol. The third-order valence-corrected chi connectivity index (χ3v) is 12.7. The number of carbonyl (C=O) groups excluding carboxylic acids is 8. The van der Waals surface area contributed by atoms with Gasteiger partial charge in [0.2, 0.25) is 0 Å². The number of hydrogen-bond donors (Lipinski definition) is 1. The van der Waals surface area contributed by atoms with Gasteiger partial charge in [0.1, 0.15) is 42.0 Å². The minimum atomic E-state index is -2.87. The highest BCUT2D eigenvalue weighted by molar-refractivity contribution is 5.91. The highest BCUT2D eigenvalue weighted by Gasteiger charge is 2.92. The molecule has 0 radical (unpaired) electrons. The summed E-state index contributed by atoms with van der Waals surface area (Å²) in [6, 6.07) is 5.69. The zero-order valence-electron chi connectivity index (χ0n) is 37.0. The Bertz CT molecular complexity index is 2210. The summed E-state index contributed by atoms with van der Waals surface area (Å²) in [5.41, 5.74) is -10.5. The lowest BCUT2D eigenvalue weighted by Gasteiger charge is -2.67. The maximum Gasteiger partial charge on any atom is 0.340 e. The number of hydrogen-bond acceptors (Lipinski definition) is 20. The highest BCUT2D eigenvalue weighted by Crippen LogP contribution is 2.70. The minimum Gasteiger partial charge on any atom is -0.465 e. The fourth-order valence-electron chi connectivity index (χ4n) is 9.81. The zero-order chi connectivity index (χ0) is 47.3. The van der Waals surface area contributed by atoms with Gasteiger partial charge in [-0.2, -0.15) is 0 Å². The lowest BCUT2D eigenvalue weighted by molar-refractivity contribution is -0.386. The zero-order valence-corrected chi connectivity index (χ0v) is 37.0. The lowest BCUT2D eigenvalue weighted by atomic mass is 9.45. The number of cyclic esters (lactones) is 1. The molecule has 346 valence electrons. The molecule has 4 aliphatic rings. The van der Waals surface area contributed by atoms with Crippen LogP contribution in [-0.2, 0) is 71.4 Å². The third kappa shape index (κ3) is 7.83. The first-order valence-electron chi connectivity index (χ1n) is 20.7. The molecule has 4 bridgehead atoms. The van der Waals surface area contributed by atoms with Gasteiger partial charge in [0.15, 0.2) is 30.0 Å². The van der Waals surface area contributed by atoms with Crippen LogP contribution in [0.3, 0.4) is 0 Å². The van der Waals surface area contributed by atoms with Crippen molar-refractivity contribution >= 4 is 47.8 Å². The second-order valence-electron chi connectivity index (χ2n) is 17.3. The molecule has 20 nitrogen and oxygen atoms in total. The van der Waals surface area contributed by atoms with Crippen molar-refractivity contribution in [1.82, 2.24) is 9.97 Å². The number of esters is 8. The van der Waals surface area contributed by atoms with Crippen molar-refractivity contribution in [2.45, 2.75) is 129 Å². The van der Waals surface area contributed by atoms with Crippen LogP contribution in [0.15, 0.2) is 42.9 Å². The normalized spacial score (nSPS) is 35.3. The fraction of sp³-hybridized carbons (Fsp3) is 0.591. The van der Waals surface area contributed by atoms with Crippen LogP contribution in [-0.4, -0.2) is 129 Å². The number of ether oxygens (including phenoxy) is 9. The Hall–Kier alpha value is -6.02. The van der Waals surface area contributed by atoms with Gasteiger partial charge in [-0.3, -0.25) is 38.7 Å². The average molecular weight is 897 g/mol. The molecule has 2 aliphatic carbocycles. The Balaban J connectivity index is 1.81. The summed E-state index contributed by atoms with van der Waals surface area (Å²) < 4.78 is 55.9. The Labute approximate surface area is 367 Å². The van der Waals surface area contributed by atoms with E-state index >= 15 is 0 Å². The average Bonchev–Trinajstić information content (AvgIpc) is 3.44. The number of rotatable bonds is 9. The van der Waals surface area contributed by atoms with Crippen LogP contribution in [0.5, 0.6) is 0 Å². The molecule has 0 aromatic carbocycles. The van der Waals surface area contributed by atoms with Crippen LogP contribution in [0.2, 0.25) is 0 Å². The number of aliphatic hydroxyl groups is 1. The molecular formula is C44H52N2O18. The molecule has 6 rings (SSSR count). The predicted molar refractivity (Wildman–Crippen MR) is 212 cm³/mol. The van der Waals surface area contributed by atoms with E-state index in [2.05, 4.69) is 9.97 Å². The van der Waals surface area contributed by atoms with Gasteiger partial charge in [-0.05, 0) is 38.1 Å². The van der Waals surface area contributed by atoms with Gasteiger partial charge in [-0.15, -0.1) is 0 Å². The molecule has 1 spiro atoms. The Kier molecular flexibility index (Phi) is 13.0. The van der Waals surface area contributed by atoms with Crippen LogP contribution in [0.4, 0.5) is 0 Å². The Morgan fingerprint density at radius 1 is 0.812 bits per heavy atom. The Morgan fingerprint density at radius 3 is 2.00 bits per heavy atom. The van der Waals surface area contributed by atoms with E-state index in [4.69, 9.17) is 42.6 Å². The van der Waals surface area contributed by atoms with Gasteiger partial charge in [-0.1, -0.05) is 27.7 Å². The molecule has 13 unspecified atom stereocenters. The first-order chi connectivity index (χ1) is 29.9. The van der Waals surface area contributed by atoms with Crippen LogP contribution >= 0.6 is 0 Å². The molecule has 2 aliphatic heterocycles. The van der Waals surface area contributed by atoms with E-state index in [0.29, 0.717) is 0 Å². The summed E-state index contributed by atoms with van der Waals surface area (Å²) in [4.78, 5) is 119. The molecule has 1 saturated heterocycles. The number of carbonyl (C=O) groups is 8. The van der Waals surface area contributed by atoms with E-state index < -0.39 is 143 Å². The topological polar surface area (TPSA) is 266 Å². The van der Waals surface area contributed by atoms with Gasteiger partial charge >= 0.3 is 47.8 Å². The van der Waals surface area contributed by atoms with E-state index in [0.717, 1.165) is 34.6 Å². The van der Waals surface area contributed by atoms with Gasteiger partial charge in [0.05, 0.1) is 34.6 Å². The second kappa shape index (κ2) is 17.5. The number of pyridine rings is 2. The molecule has 2 aromatic heterocycles. The number of fused-ring (bicyclic) bond motifs is 5. The van der Waals surface area contributed by atoms with Crippen LogP contribution in [0.25, 0.3) is 0 Å². The summed E-state index contributed by atoms with van der Waals surface area (Å²) in [5.74, 6) is -12.8. The SMILES string of the molecule is CC(=O)OCC12C(OC(C)=O)C(OC(=O)c3cccnc3)C3C(OC(C)=O)C14OC3(C)COC(=O)c1cccnc1C(C)C(C)C(=O)OC(C(OC(=O)C(C)C)C2OC(C)=O)C4(C)O. The summed E-state index contributed by atoms with van der Waals surface area (Å²) in [5, 5.41) is 13.7.